The summed E-state index contributed by atoms with van der Waals surface area (Å²) in [6, 6.07) is 52.6. The first-order valence-electron chi connectivity index (χ1n) is 14.1. The molecule has 2 heterocycles. The quantitative estimate of drug-likeness (QED) is 0.164. The maximum Gasteiger partial charge on any atom is 0.146 e. The van der Waals surface area contributed by atoms with Crippen LogP contribution in [0.3, 0.4) is 0 Å². The van der Waals surface area contributed by atoms with E-state index >= 15 is 0 Å². The number of benzene rings is 7. The Morgan fingerprint density at radius 1 is 0.366 bits per heavy atom. The van der Waals surface area contributed by atoms with Crippen molar-refractivity contribution in [2.24, 2.45) is 0 Å². The van der Waals surface area contributed by atoms with E-state index in [-0.39, 0.29) is 0 Å². The molecule has 0 aliphatic heterocycles. The van der Waals surface area contributed by atoms with E-state index < -0.39 is 0 Å². The van der Waals surface area contributed by atoms with Gasteiger partial charge in [-0.1, -0.05) is 121 Å². The minimum atomic E-state index is 1.00. The molecule has 2 nitrogen and oxygen atoms in total. The Hall–Kier alpha value is -5.47. The van der Waals surface area contributed by atoms with Crippen molar-refractivity contribution in [1.82, 2.24) is 9.38 Å². The summed E-state index contributed by atoms with van der Waals surface area (Å²) in [4.78, 5) is 5.06. The van der Waals surface area contributed by atoms with Crippen molar-refractivity contribution in [1.29, 1.82) is 0 Å². The van der Waals surface area contributed by atoms with Gasteiger partial charge in [0.05, 0.1) is 16.6 Å². The van der Waals surface area contributed by atoms with Gasteiger partial charge in [0.25, 0.3) is 0 Å². The summed E-state index contributed by atoms with van der Waals surface area (Å²) in [5, 5.41) is 8.70. The van der Waals surface area contributed by atoms with Gasteiger partial charge in [-0.25, -0.2) is 4.98 Å². The van der Waals surface area contributed by atoms with Crippen LogP contribution in [0.15, 0.2) is 146 Å². The summed E-state index contributed by atoms with van der Waals surface area (Å²) >= 11 is 0. The second kappa shape index (κ2) is 8.51. The fourth-order valence-corrected chi connectivity index (χ4v) is 6.82. The third-order valence-electron chi connectivity index (χ3n) is 8.54. The van der Waals surface area contributed by atoms with Crippen LogP contribution in [0.1, 0.15) is 0 Å². The monoisotopic (exact) mass is 520 g/mol. The molecule has 190 valence electrons. The maximum absolute atomic E-state index is 5.06. The van der Waals surface area contributed by atoms with Crippen LogP contribution in [-0.2, 0) is 0 Å². The van der Waals surface area contributed by atoms with Gasteiger partial charge in [-0.05, 0) is 73.5 Å². The Balaban J connectivity index is 1.44. The first-order chi connectivity index (χ1) is 20.4. The molecule has 0 N–H and O–H groups in total. The van der Waals surface area contributed by atoms with Crippen molar-refractivity contribution in [3.63, 3.8) is 0 Å². The Morgan fingerprint density at radius 2 is 0.902 bits per heavy atom. The Bertz CT molecular complexity index is 2410. The number of nitrogens with zero attached hydrogens (tertiary/aromatic N) is 2. The van der Waals surface area contributed by atoms with Gasteiger partial charge in [0.15, 0.2) is 0 Å². The molecule has 0 spiro atoms. The SMILES string of the molecule is c1ccc(-c2c3ccccc3c(-c3ccc4c(c3)c3ccccc3c3nc5ccccc5n43)c3ccccc23)cc1. The highest BCUT2D eigenvalue weighted by Gasteiger charge is 2.18. The summed E-state index contributed by atoms with van der Waals surface area (Å²) in [6.45, 7) is 0. The molecule has 41 heavy (non-hydrogen) atoms. The smallest absolute Gasteiger partial charge is 0.146 e. The van der Waals surface area contributed by atoms with E-state index in [0.29, 0.717) is 0 Å². The van der Waals surface area contributed by atoms with Crippen LogP contribution < -0.4 is 0 Å². The molecule has 9 rings (SSSR count). The molecule has 2 aromatic heterocycles. The summed E-state index contributed by atoms with van der Waals surface area (Å²) in [5.74, 6) is 0. The minimum Gasteiger partial charge on any atom is -0.292 e. The van der Waals surface area contributed by atoms with Crippen molar-refractivity contribution in [3.05, 3.63) is 146 Å². The lowest BCUT2D eigenvalue weighted by Gasteiger charge is -2.18. The Morgan fingerprint density at radius 3 is 1.59 bits per heavy atom. The van der Waals surface area contributed by atoms with Gasteiger partial charge in [-0.2, -0.15) is 0 Å². The molecular formula is C39H24N2. The summed E-state index contributed by atoms with van der Waals surface area (Å²) in [7, 11) is 0. The van der Waals surface area contributed by atoms with Crippen LogP contribution in [-0.4, -0.2) is 9.38 Å². The van der Waals surface area contributed by atoms with E-state index in [1.165, 1.54) is 65.5 Å². The molecule has 2 heteroatoms. The largest absolute Gasteiger partial charge is 0.292 e. The molecule has 7 aromatic carbocycles. The van der Waals surface area contributed by atoms with Gasteiger partial charge in [-0.3, -0.25) is 4.40 Å². The molecule has 0 bridgehead atoms. The molecule has 0 atom stereocenters. The van der Waals surface area contributed by atoms with Crippen molar-refractivity contribution >= 4 is 59.9 Å². The van der Waals surface area contributed by atoms with Crippen LogP contribution in [0.4, 0.5) is 0 Å². The third kappa shape index (κ3) is 3.16. The van der Waals surface area contributed by atoms with E-state index in [9.17, 15) is 0 Å². The van der Waals surface area contributed by atoms with Gasteiger partial charge < -0.3 is 0 Å². The number of hydrogen-bond acceptors (Lipinski definition) is 1. The standard InChI is InChI=1S/C39H24N2/c1-2-12-25(13-3-1)37-28-15-5-7-17-30(28)38(31-18-8-6-16-29(31)37)26-22-23-35-33(24-26)27-14-4-9-19-32(27)39-40-34-20-10-11-21-36(34)41(35)39/h1-24H. The van der Waals surface area contributed by atoms with Gasteiger partial charge >= 0.3 is 0 Å². The van der Waals surface area contributed by atoms with E-state index in [2.05, 4.69) is 150 Å². The fourth-order valence-electron chi connectivity index (χ4n) is 6.82. The first-order valence-corrected chi connectivity index (χ1v) is 14.1. The maximum atomic E-state index is 5.06. The number of rotatable bonds is 2. The Labute approximate surface area is 236 Å². The highest BCUT2D eigenvalue weighted by molar-refractivity contribution is 6.22. The Kier molecular flexibility index (Phi) is 4.64. The summed E-state index contributed by atoms with van der Waals surface area (Å²) in [6.07, 6.45) is 0. The third-order valence-corrected chi connectivity index (χ3v) is 8.54. The second-order valence-corrected chi connectivity index (χ2v) is 10.7. The van der Waals surface area contributed by atoms with Gasteiger partial charge in [0, 0.05) is 10.8 Å². The zero-order valence-electron chi connectivity index (χ0n) is 22.3. The number of fused-ring (bicyclic) bond motifs is 10. The average molecular weight is 521 g/mol. The number of pyridine rings is 1. The van der Waals surface area contributed by atoms with Crippen molar-refractivity contribution in [2.75, 3.05) is 0 Å². The first kappa shape index (κ1) is 22.4. The summed E-state index contributed by atoms with van der Waals surface area (Å²) in [5.41, 5.74) is 9.35. The van der Waals surface area contributed by atoms with E-state index in [1.807, 2.05) is 0 Å². The zero-order valence-corrected chi connectivity index (χ0v) is 22.3. The lowest BCUT2D eigenvalue weighted by atomic mass is 9.85. The highest BCUT2D eigenvalue weighted by Crippen LogP contribution is 2.44. The molecule has 0 saturated heterocycles. The van der Waals surface area contributed by atoms with E-state index in [1.54, 1.807) is 0 Å². The number of imidazole rings is 1. The number of aromatic nitrogens is 2. The van der Waals surface area contributed by atoms with E-state index in [0.717, 1.165) is 16.7 Å². The van der Waals surface area contributed by atoms with Crippen LogP contribution in [0.25, 0.3) is 82.2 Å². The highest BCUT2D eigenvalue weighted by atomic mass is 15.0. The predicted molar refractivity (Wildman–Crippen MR) is 174 cm³/mol. The minimum absolute atomic E-state index is 1.00. The van der Waals surface area contributed by atoms with Crippen molar-refractivity contribution in [2.45, 2.75) is 0 Å². The second-order valence-electron chi connectivity index (χ2n) is 10.7. The normalized spacial score (nSPS) is 11.9. The van der Waals surface area contributed by atoms with Crippen LogP contribution >= 0.6 is 0 Å². The molecule has 0 radical (unpaired) electrons. The molecule has 0 fully saturated rings. The molecule has 9 aromatic rings. The van der Waals surface area contributed by atoms with Crippen LogP contribution in [0.5, 0.6) is 0 Å². The topological polar surface area (TPSA) is 17.3 Å². The molecule has 0 saturated carbocycles. The van der Waals surface area contributed by atoms with Gasteiger partial charge in [0.2, 0.25) is 0 Å². The molecule has 0 amide bonds. The van der Waals surface area contributed by atoms with Gasteiger partial charge in [-0.15, -0.1) is 0 Å². The number of para-hydroxylation sites is 2. The van der Waals surface area contributed by atoms with Crippen LogP contribution in [0, 0.1) is 0 Å². The molecule has 0 aliphatic carbocycles. The van der Waals surface area contributed by atoms with E-state index in [4.69, 9.17) is 4.98 Å². The molecular weight excluding hydrogens is 496 g/mol. The van der Waals surface area contributed by atoms with Crippen molar-refractivity contribution < 1.29 is 0 Å². The zero-order chi connectivity index (χ0) is 26.9. The fraction of sp³-hybridized carbons (Fsp3) is 0. The molecule has 0 unspecified atom stereocenters. The lowest BCUT2D eigenvalue weighted by Crippen LogP contribution is -1.94. The van der Waals surface area contributed by atoms with Crippen LogP contribution in [0.2, 0.25) is 0 Å². The van der Waals surface area contributed by atoms with Crippen molar-refractivity contribution in [3.8, 4) is 22.3 Å². The average Bonchev–Trinajstić information content (AvgIpc) is 3.44. The molecule has 0 aliphatic rings. The predicted octanol–water partition coefficient (Wildman–Crippen LogP) is 10.4. The number of hydrogen-bond donors (Lipinski definition) is 0. The summed E-state index contributed by atoms with van der Waals surface area (Å²) < 4.78 is 2.32. The lowest BCUT2D eigenvalue weighted by molar-refractivity contribution is 1.31. The van der Waals surface area contributed by atoms with Gasteiger partial charge in [0.1, 0.15) is 5.65 Å².